The first-order valence-electron chi connectivity index (χ1n) is 6.40. The lowest BCUT2D eigenvalue weighted by atomic mass is 10.0. The molecule has 5 nitrogen and oxygen atoms in total. The van der Waals surface area contributed by atoms with Crippen molar-refractivity contribution in [1.82, 2.24) is 10.3 Å². The predicted molar refractivity (Wildman–Crippen MR) is 80.7 cm³/mol. The van der Waals surface area contributed by atoms with Crippen LogP contribution in [0.15, 0.2) is 35.3 Å². The van der Waals surface area contributed by atoms with E-state index in [4.69, 9.17) is 0 Å². The summed E-state index contributed by atoms with van der Waals surface area (Å²) in [5, 5.41) is 4.69. The average Bonchev–Trinajstić information content (AvgIpc) is 2.38. The molecule has 0 aliphatic carbocycles. The molecular weight excluding hydrogens is 276 g/mol. The molecule has 2 rings (SSSR count). The normalized spacial score (nSPS) is 13.5. The van der Waals surface area contributed by atoms with Gasteiger partial charge in [-0.15, -0.1) is 0 Å². The van der Waals surface area contributed by atoms with Crippen molar-refractivity contribution in [3.63, 3.8) is 0 Å². The van der Waals surface area contributed by atoms with E-state index in [0.29, 0.717) is 11.9 Å². The van der Waals surface area contributed by atoms with Crippen LogP contribution in [0.2, 0.25) is 0 Å². The van der Waals surface area contributed by atoms with Crippen LogP contribution in [0.5, 0.6) is 0 Å². The van der Waals surface area contributed by atoms with E-state index in [-0.39, 0.29) is 17.4 Å². The molecule has 0 saturated carbocycles. The Morgan fingerprint density at radius 1 is 1.25 bits per heavy atom. The van der Waals surface area contributed by atoms with E-state index < -0.39 is 9.84 Å². The number of benzene rings is 1. The molecule has 1 heterocycles. The second kappa shape index (κ2) is 5.76. The molecule has 20 heavy (non-hydrogen) atoms. The Balaban J connectivity index is 2.25. The van der Waals surface area contributed by atoms with Crippen LogP contribution in [0.4, 0.5) is 0 Å². The van der Waals surface area contributed by atoms with Gasteiger partial charge in [-0.2, -0.15) is 0 Å². The highest BCUT2D eigenvalue weighted by Crippen LogP contribution is 2.20. The number of nitrogens with one attached hydrogen (secondary N) is 2. The van der Waals surface area contributed by atoms with E-state index in [1.54, 1.807) is 12.3 Å². The molecule has 0 bridgehead atoms. The summed E-state index contributed by atoms with van der Waals surface area (Å²) in [6.07, 6.45) is 2.90. The maximum Gasteiger partial charge on any atom is 0.255 e. The first-order chi connectivity index (χ1) is 9.38. The molecule has 0 aliphatic heterocycles. The number of rotatable bonds is 5. The zero-order chi connectivity index (χ0) is 14.8. The number of fused-ring (bicyclic) bond motifs is 1. The van der Waals surface area contributed by atoms with Gasteiger partial charge >= 0.3 is 0 Å². The van der Waals surface area contributed by atoms with Crippen LogP contribution >= 0.6 is 0 Å². The van der Waals surface area contributed by atoms with Crippen LogP contribution in [0, 0.1) is 0 Å². The fourth-order valence-corrected chi connectivity index (χ4v) is 2.65. The molecule has 1 aromatic heterocycles. The largest absolute Gasteiger partial charge is 0.328 e. The van der Waals surface area contributed by atoms with Crippen LogP contribution in [0.3, 0.4) is 0 Å². The van der Waals surface area contributed by atoms with Crippen molar-refractivity contribution in [3.05, 3.63) is 46.4 Å². The highest BCUT2D eigenvalue weighted by molar-refractivity contribution is 7.90. The van der Waals surface area contributed by atoms with E-state index in [1.165, 1.54) is 6.26 Å². The summed E-state index contributed by atoms with van der Waals surface area (Å²) in [5.41, 5.74) is 0.835. The lowest BCUT2D eigenvalue weighted by Gasteiger charge is -2.15. The third kappa shape index (κ3) is 3.46. The van der Waals surface area contributed by atoms with Gasteiger partial charge in [-0.25, -0.2) is 8.42 Å². The Morgan fingerprint density at radius 3 is 2.55 bits per heavy atom. The van der Waals surface area contributed by atoms with Crippen LogP contribution in [0.1, 0.15) is 18.5 Å². The summed E-state index contributed by atoms with van der Waals surface area (Å²) in [5.74, 6) is 0.0959. The minimum Gasteiger partial charge on any atom is -0.328 e. The quantitative estimate of drug-likeness (QED) is 0.869. The van der Waals surface area contributed by atoms with Crippen molar-refractivity contribution in [1.29, 1.82) is 0 Å². The summed E-state index contributed by atoms with van der Waals surface area (Å²) < 4.78 is 22.2. The highest BCUT2D eigenvalue weighted by atomic mass is 32.2. The molecule has 0 saturated heterocycles. The fourth-order valence-electron chi connectivity index (χ4n) is 2.16. The summed E-state index contributed by atoms with van der Waals surface area (Å²) in [6, 6.07) is 7.34. The van der Waals surface area contributed by atoms with Gasteiger partial charge in [0, 0.05) is 30.4 Å². The van der Waals surface area contributed by atoms with Crippen LogP contribution < -0.4 is 10.9 Å². The molecule has 0 amide bonds. The monoisotopic (exact) mass is 294 g/mol. The number of pyridine rings is 1. The number of aromatic amines is 1. The summed E-state index contributed by atoms with van der Waals surface area (Å²) >= 11 is 0. The number of H-pyrrole nitrogens is 1. The van der Waals surface area contributed by atoms with Crippen LogP contribution in [-0.4, -0.2) is 32.0 Å². The van der Waals surface area contributed by atoms with Gasteiger partial charge in [0.25, 0.3) is 5.56 Å². The van der Waals surface area contributed by atoms with Crippen molar-refractivity contribution in [3.8, 4) is 0 Å². The Labute approximate surface area is 117 Å². The van der Waals surface area contributed by atoms with E-state index in [0.717, 1.165) is 10.9 Å². The molecule has 0 radical (unpaired) electrons. The molecular formula is C14H18N2O3S. The third-order valence-corrected chi connectivity index (χ3v) is 4.18. The van der Waals surface area contributed by atoms with Gasteiger partial charge in [-0.1, -0.05) is 18.2 Å². The standard InChI is InChI=1S/C14H18N2O3S/c1-10(15-7-8-20(2,18)19)13-9-16-14(17)12-6-4-3-5-11(12)13/h3-6,9-10,15H,7-8H2,1-2H3,(H,16,17). The van der Waals surface area contributed by atoms with Crippen LogP contribution in [-0.2, 0) is 9.84 Å². The number of hydrogen-bond acceptors (Lipinski definition) is 4. The molecule has 1 atom stereocenters. The zero-order valence-electron chi connectivity index (χ0n) is 11.5. The SMILES string of the molecule is CC(NCCS(C)(=O)=O)c1c[nH]c(=O)c2ccccc12. The minimum absolute atomic E-state index is 0.0431. The average molecular weight is 294 g/mol. The first-order valence-corrected chi connectivity index (χ1v) is 8.46. The van der Waals surface area contributed by atoms with E-state index in [9.17, 15) is 13.2 Å². The number of hydrogen-bond donors (Lipinski definition) is 2. The molecule has 2 N–H and O–H groups in total. The summed E-state index contributed by atoms with van der Waals surface area (Å²) in [6.45, 7) is 2.33. The Morgan fingerprint density at radius 2 is 1.90 bits per heavy atom. The van der Waals surface area contributed by atoms with E-state index in [1.807, 2.05) is 25.1 Å². The van der Waals surface area contributed by atoms with Crippen molar-refractivity contribution >= 4 is 20.6 Å². The second-order valence-electron chi connectivity index (χ2n) is 4.92. The van der Waals surface area contributed by atoms with Gasteiger partial charge in [-0.05, 0) is 23.9 Å². The third-order valence-electron chi connectivity index (χ3n) is 3.23. The van der Waals surface area contributed by atoms with Crippen LogP contribution in [0.25, 0.3) is 10.8 Å². The van der Waals surface area contributed by atoms with Gasteiger partial charge in [0.15, 0.2) is 0 Å². The minimum atomic E-state index is -2.97. The topological polar surface area (TPSA) is 79.0 Å². The highest BCUT2D eigenvalue weighted by Gasteiger charge is 2.11. The molecule has 6 heteroatoms. The molecule has 2 aromatic rings. The maximum atomic E-state index is 11.7. The van der Waals surface area contributed by atoms with E-state index >= 15 is 0 Å². The Kier molecular flexibility index (Phi) is 4.25. The van der Waals surface area contributed by atoms with Gasteiger partial charge in [-0.3, -0.25) is 4.79 Å². The first kappa shape index (κ1) is 14.7. The Hall–Kier alpha value is -1.66. The summed E-state index contributed by atoms with van der Waals surface area (Å²) in [4.78, 5) is 14.5. The molecule has 0 spiro atoms. The second-order valence-corrected chi connectivity index (χ2v) is 7.18. The smallest absolute Gasteiger partial charge is 0.255 e. The lowest BCUT2D eigenvalue weighted by molar-refractivity contribution is 0.576. The Bertz CT molecular complexity index is 765. The van der Waals surface area contributed by atoms with Crippen molar-refractivity contribution in [2.24, 2.45) is 0 Å². The van der Waals surface area contributed by atoms with Gasteiger partial charge in [0.1, 0.15) is 9.84 Å². The van der Waals surface area contributed by atoms with Gasteiger partial charge in [0.05, 0.1) is 5.75 Å². The molecule has 1 unspecified atom stereocenters. The van der Waals surface area contributed by atoms with E-state index in [2.05, 4.69) is 10.3 Å². The molecule has 0 fully saturated rings. The number of sulfone groups is 1. The molecule has 108 valence electrons. The number of aromatic nitrogens is 1. The van der Waals surface area contributed by atoms with Gasteiger partial charge < -0.3 is 10.3 Å². The zero-order valence-corrected chi connectivity index (χ0v) is 12.3. The van der Waals surface area contributed by atoms with Crippen molar-refractivity contribution in [2.45, 2.75) is 13.0 Å². The van der Waals surface area contributed by atoms with Gasteiger partial charge in [0.2, 0.25) is 0 Å². The predicted octanol–water partition coefficient (Wildman–Crippen LogP) is 1.22. The fraction of sp³-hybridized carbons (Fsp3) is 0.357. The summed E-state index contributed by atoms with van der Waals surface area (Å²) in [7, 11) is -2.97. The molecule has 0 aliphatic rings. The van der Waals surface area contributed by atoms with Crippen molar-refractivity contribution in [2.75, 3.05) is 18.6 Å². The molecule has 1 aromatic carbocycles. The maximum absolute atomic E-state index is 11.7. The lowest BCUT2D eigenvalue weighted by Crippen LogP contribution is -2.26. The van der Waals surface area contributed by atoms with Crippen molar-refractivity contribution < 1.29 is 8.42 Å².